The van der Waals surface area contributed by atoms with Crippen LogP contribution in [-0.4, -0.2) is 16.5 Å². The van der Waals surface area contributed by atoms with Gasteiger partial charge in [0, 0.05) is 18.5 Å². The lowest BCUT2D eigenvalue weighted by atomic mass is 10.1. The Kier molecular flexibility index (Phi) is 3.94. The Morgan fingerprint density at radius 1 is 0.818 bits per heavy atom. The van der Waals surface area contributed by atoms with Crippen LogP contribution >= 0.6 is 0 Å². The molecule has 2 aliphatic heterocycles. The Balaban J connectivity index is 1.73. The highest BCUT2D eigenvalue weighted by atomic mass is 16.1. The van der Waals surface area contributed by atoms with Crippen molar-refractivity contribution in [2.24, 2.45) is 0 Å². The van der Waals surface area contributed by atoms with E-state index >= 15 is 0 Å². The summed E-state index contributed by atoms with van der Waals surface area (Å²) in [5.74, 6) is -0.340. The van der Waals surface area contributed by atoms with Crippen LogP contribution in [0.2, 0.25) is 0 Å². The van der Waals surface area contributed by atoms with Crippen LogP contribution in [-0.2, 0) is 9.59 Å². The summed E-state index contributed by atoms with van der Waals surface area (Å²) in [5, 5.41) is 1.98. The van der Waals surface area contributed by atoms with Crippen molar-refractivity contribution < 1.29 is 14.9 Å². The Morgan fingerprint density at radius 2 is 1.45 bits per heavy atom. The summed E-state index contributed by atoms with van der Waals surface area (Å²) >= 11 is 0. The van der Waals surface area contributed by atoms with E-state index in [9.17, 15) is 9.59 Å². The van der Waals surface area contributed by atoms with E-state index in [1.807, 2.05) is 54.2 Å². The molecule has 0 radical (unpaired) electrons. The summed E-state index contributed by atoms with van der Waals surface area (Å²) < 4.78 is 0. The van der Waals surface area contributed by atoms with Crippen molar-refractivity contribution in [3.63, 3.8) is 0 Å². The number of carbonyl (C=O) groups excluding carboxylic acids is 2. The van der Waals surface area contributed by atoms with Crippen molar-refractivity contribution >= 4 is 11.6 Å². The van der Waals surface area contributed by atoms with E-state index in [0.717, 1.165) is 11.1 Å². The molecule has 0 bridgehead atoms. The molecule has 0 saturated heterocycles. The summed E-state index contributed by atoms with van der Waals surface area (Å²) in [4.78, 5) is 24.8. The number of nitrogens with two attached hydrogens (primary N) is 1. The van der Waals surface area contributed by atoms with Crippen molar-refractivity contribution in [3.05, 3.63) is 96.3 Å². The highest BCUT2D eigenvalue weighted by Gasteiger charge is 2.17. The van der Waals surface area contributed by atoms with Crippen molar-refractivity contribution in [1.82, 2.24) is 4.90 Å². The first-order valence-electron chi connectivity index (χ1n) is 6.95. The van der Waals surface area contributed by atoms with Crippen molar-refractivity contribution in [3.8, 4) is 0 Å². The molecule has 0 unspecified atom stereocenters. The number of rotatable bonds is 2. The van der Waals surface area contributed by atoms with Gasteiger partial charge in [0.05, 0.1) is 18.1 Å². The summed E-state index contributed by atoms with van der Waals surface area (Å²) in [7, 11) is 0. The molecule has 3 aliphatic rings. The number of ketones is 2. The molecule has 4 heteroatoms. The first-order chi connectivity index (χ1) is 10.7. The van der Waals surface area contributed by atoms with Gasteiger partial charge in [0.25, 0.3) is 0 Å². The van der Waals surface area contributed by atoms with E-state index < -0.39 is 0 Å². The molecule has 22 heavy (non-hydrogen) atoms. The summed E-state index contributed by atoms with van der Waals surface area (Å²) in [6, 6.07) is 0. The third-order valence-electron chi connectivity index (χ3n) is 3.33. The largest absolute Gasteiger partial charge is 0.320 e. The lowest BCUT2D eigenvalue weighted by Gasteiger charge is -2.21. The van der Waals surface area contributed by atoms with E-state index in [0.29, 0.717) is 5.70 Å². The molecule has 0 aromatic rings. The standard InChI is InChI=1S/C18H14N2O2/c21-16-3-4-18(22)17(13-16)20-11-7-15(8-12-20)2-1-14-5-9-19-10-6-14/h1-13,19H/p+1. The number of hydrogen-bond donors (Lipinski definition) is 1. The molecule has 2 N–H and O–H groups in total. The Labute approximate surface area is 128 Å². The molecule has 108 valence electrons. The maximum Gasteiger partial charge on any atom is 0.202 e. The van der Waals surface area contributed by atoms with Gasteiger partial charge in [-0.2, -0.15) is 0 Å². The minimum atomic E-state index is -0.171. The molecule has 1 aliphatic carbocycles. The van der Waals surface area contributed by atoms with Gasteiger partial charge in [-0.25, -0.2) is 0 Å². The van der Waals surface area contributed by atoms with E-state index in [2.05, 4.69) is 0 Å². The lowest BCUT2D eigenvalue weighted by Crippen LogP contribution is -2.71. The predicted octanol–water partition coefficient (Wildman–Crippen LogP) is 1.38. The molecule has 0 amide bonds. The smallest absolute Gasteiger partial charge is 0.202 e. The predicted molar refractivity (Wildman–Crippen MR) is 83.7 cm³/mol. The van der Waals surface area contributed by atoms with Gasteiger partial charge in [0.2, 0.25) is 5.78 Å². The van der Waals surface area contributed by atoms with Gasteiger partial charge in [-0.05, 0) is 47.6 Å². The average molecular weight is 291 g/mol. The second-order valence-electron chi connectivity index (χ2n) is 4.91. The van der Waals surface area contributed by atoms with Crippen molar-refractivity contribution in [2.45, 2.75) is 0 Å². The maximum atomic E-state index is 11.8. The molecular formula is C18H15N2O2+. The fraction of sp³-hybridized carbons (Fsp3) is 0. The van der Waals surface area contributed by atoms with E-state index in [1.54, 1.807) is 17.3 Å². The zero-order chi connectivity index (χ0) is 15.4. The molecular weight excluding hydrogens is 276 g/mol. The zero-order valence-corrected chi connectivity index (χ0v) is 11.8. The Morgan fingerprint density at radius 3 is 2.14 bits per heavy atom. The maximum absolute atomic E-state index is 11.8. The van der Waals surface area contributed by atoms with Gasteiger partial charge < -0.3 is 4.90 Å². The van der Waals surface area contributed by atoms with Crippen LogP contribution in [0.3, 0.4) is 0 Å². The van der Waals surface area contributed by atoms with Crippen LogP contribution < -0.4 is 5.32 Å². The number of quaternary nitrogens is 1. The fourth-order valence-corrected chi connectivity index (χ4v) is 2.17. The number of nitrogens with zero attached hydrogens (tertiary/aromatic N) is 1. The van der Waals surface area contributed by atoms with Crippen LogP contribution in [0, 0.1) is 0 Å². The van der Waals surface area contributed by atoms with Crippen LogP contribution in [0.5, 0.6) is 0 Å². The van der Waals surface area contributed by atoms with Crippen molar-refractivity contribution in [1.29, 1.82) is 0 Å². The van der Waals surface area contributed by atoms with Crippen molar-refractivity contribution in [2.75, 3.05) is 0 Å². The Bertz CT molecular complexity index is 726. The van der Waals surface area contributed by atoms with E-state index in [-0.39, 0.29) is 11.6 Å². The molecule has 0 atom stereocenters. The lowest BCUT2D eigenvalue weighted by molar-refractivity contribution is -0.515. The molecule has 0 saturated carbocycles. The second kappa shape index (κ2) is 6.20. The van der Waals surface area contributed by atoms with Gasteiger partial charge >= 0.3 is 0 Å². The first kappa shape index (κ1) is 14.0. The quantitative estimate of drug-likeness (QED) is 0.782. The van der Waals surface area contributed by atoms with Gasteiger partial charge in [-0.3, -0.25) is 14.9 Å². The first-order valence-corrected chi connectivity index (χ1v) is 6.95. The third kappa shape index (κ3) is 3.19. The summed E-state index contributed by atoms with van der Waals surface area (Å²) in [6.07, 6.45) is 23.4. The minimum absolute atomic E-state index is 0.169. The van der Waals surface area contributed by atoms with Crippen LogP contribution in [0.15, 0.2) is 96.3 Å². The Hall–Kier alpha value is -2.98. The zero-order valence-electron chi connectivity index (χ0n) is 11.8. The highest BCUT2D eigenvalue weighted by Crippen LogP contribution is 2.18. The van der Waals surface area contributed by atoms with Crippen LogP contribution in [0.25, 0.3) is 0 Å². The number of carbonyl (C=O) groups is 2. The average Bonchev–Trinajstić information content (AvgIpc) is 2.57. The normalized spacial score (nSPS) is 19.8. The monoisotopic (exact) mass is 291 g/mol. The molecule has 0 aromatic carbocycles. The molecule has 4 nitrogen and oxygen atoms in total. The summed E-state index contributed by atoms with van der Waals surface area (Å²) in [5.41, 5.74) is 2.51. The number of allylic oxidation sites excluding steroid dienone is 11. The fourth-order valence-electron chi connectivity index (χ4n) is 2.17. The number of hydrogen-bond acceptors (Lipinski definition) is 3. The van der Waals surface area contributed by atoms with E-state index in [1.165, 1.54) is 18.2 Å². The third-order valence-corrected chi connectivity index (χ3v) is 3.33. The van der Waals surface area contributed by atoms with Gasteiger partial charge in [-0.15, -0.1) is 0 Å². The highest BCUT2D eigenvalue weighted by molar-refractivity contribution is 6.17. The topological polar surface area (TPSA) is 54.0 Å². The molecule has 0 aromatic heterocycles. The van der Waals surface area contributed by atoms with Gasteiger partial charge in [-0.1, -0.05) is 12.2 Å². The minimum Gasteiger partial charge on any atom is -0.320 e. The van der Waals surface area contributed by atoms with Gasteiger partial charge in [0.1, 0.15) is 0 Å². The molecule has 0 spiro atoms. The van der Waals surface area contributed by atoms with E-state index in [4.69, 9.17) is 0 Å². The molecule has 2 heterocycles. The molecule has 3 rings (SSSR count). The van der Waals surface area contributed by atoms with Gasteiger partial charge in [0.15, 0.2) is 5.78 Å². The SMILES string of the molecule is O=C1C=CC(=O)C(N2C=CC(=CC=C3C=C[NH2+]C=C3)C=C2)=C1. The van der Waals surface area contributed by atoms with Crippen LogP contribution in [0.4, 0.5) is 0 Å². The van der Waals surface area contributed by atoms with Crippen LogP contribution in [0.1, 0.15) is 0 Å². The molecule has 0 fully saturated rings. The second-order valence-corrected chi connectivity index (χ2v) is 4.91. The summed E-state index contributed by atoms with van der Waals surface area (Å²) in [6.45, 7) is 0.